The molecule has 0 radical (unpaired) electrons. The summed E-state index contributed by atoms with van der Waals surface area (Å²) in [6.07, 6.45) is 4.22. The van der Waals surface area contributed by atoms with Crippen LogP contribution < -0.4 is 14.8 Å². The van der Waals surface area contributed by atoms with Gasteiger partial charge in [0.1, 0.15) is 36.0 Å². The van der Waals surface area contributed by atoms with Crippen molar-refractivity contribution < 1.29 is 42.9 Å². The molecule has 13 nitrogen and oxygen atoms in total. The fourth-order valence-electron chi connectivity index (χ4n) is 9.15. The average molecular weight is 817 g/mol. The molecular formula is C44H56N4O9S. The van der Waals surface area contributed by atoms with Crippen molar-refractivity contribution in [3.8, 4) is 22.9 Å². The van der Waals surface area contributed by atoms with E-state index in [1.807, 2.05) is 59.1 Å². The largest absolute Gasteiger partial charge is 0.488 e. The average Bonchev–Trinajstić information content (AvgIpc) is 3.84. The molecule has 1 unspecified atom stereocenters. The molecule has 0 spiro atoms. The van der Waals surface area contributed by atoms with Crippen LogP contribution in [0.2, 0.25) is 0 Å². The molecule has 312 valence electrons. The number of rotatable bonds is 17. The number of ether oxygens (including phenoxy) is 4. The first-order valence-electron chi connectivity index (χ1n) is 20.6. The maximum absolute atomic E-state index is 14.8. The summed E-state index contributed by atoms with van der Waals surface area (Å²) in [5, 5.41) is 6.64. The number of pyridine rings is 1. The maximum atomic E-state index is 14.8. The Morgan fingerprint density at radius 1 is 1.03 bits per heavy atom. The highest BCUT2D eigenvalue weighted by Crippen LogP contribution is 2.58. The number of Topliss-reactive ketones (excluding diaryl/α,β-unsaturated/α-hetero) is 1. The summed E-state index contributed by atoms with van der Waals surface area (Å²) in [7, 11) is 1.34. The number of likely N-dealkylation sites (tertiary alicyclic amines) is 1. The normalized spacial score (nSPS) is 26.5. The molecule has 1 saturated heterocycles. The summed E-state index contributed by atoms with van der Waals surface area (Å²) in [6, 6.07) is 6.38. The molecule has 1 N–H and O–H groups in total. The zero-order valence-electron chi connectivity index (χ0n) is 34.6. The van der Waals surface area contributed by atoms with Gasteiger partial charge in [0.15, 0.2) is 17.2 Å². The van der Waals surface area contributed by atoms with E-state index in [0.29, 0.717) is 58.3 Å². The monoisotopic (exact) mass is 816 g/mol. The molecule has 4 fully saturated rings. The minimum absolute atomic E-state index is 0.0178. The Balaban J connectivity index is 1.20. The molecule has 3 aliphatic carbocycles. The number of fused-ring (bicyclic) bond motifs is 2. The van der Waals surface area contributed by atoms with E-state index in [9.17, 15) is 24.0 Å². The number of amides is 1. The van der Waals surface area contributed by atoms with Gasteiger partial charge in [-0.1, -0.05) is 34.1 Å². The van der Waals surface area contributed by atoms with Crippen molar-refractivity contribution in [1.29, 1.82) is 0 Å². The summed E-state index contributed by atoms with van der Waals surface area (Å²) in [5.41, 5.74) is 0.180. The highest BCUT2D eigenvalue weighted by atomic mass is 32.1. The lowest BCUT2D eigenvalue weighted by Gasteiger charge is -2.35. The van der Waals surface area contributed by atoms with Crippen molar-refractivity contribution in [2.75, 3.05) is 25.6 Å². The number of aromatic nitrogens is 2. The Labute approximate surface area is 343 Å². The number of esters is 2. The Morgan fingerprint density at radius 3 is 2.45 bits per heavy atom. The molecule has 1 amide bonds. The Kier molecular flexibility index (Phi) is 11.9. The molecular weight excluding hydrogens is 761 g/mol. The summed E-state index contributed by atoms with van der Waals surface area (Å²) in [6.45, 7) is 11.8. The number of hydrogen-bond donors (Lipinski definition) is 1. The van der Waals surface area contributed by atoms with Crippen molar-refractivity contribution >= 4 is 57.3 Å². The van der Waals surface area contributed by atoms with Crippen LogP contribution in [0.15, 0.2) is 29.6 Å². The van der Waals surface area contributed by atoms with Crippen LogP contribution in [0.4, 0.5) is 5.13 Å². The summed E-state index contributed by atoms with van der Waals surface area (Å²) >= 11 is 1.46. The molecule has 14 heteroatoms. The van der Waals surface area contributed by atoms with Gasteiger partial charge >= 0.3 is 11.9 Å². The van der Waals surface area contributed by atoms with Crippen LogP contribution in [-0.2, 0) is 33.4 Å². The van der Waals surface area contributed by atoms with Gasteiger partial charge in [-0.05, 0) is 74.8 Å². The number of aldehydes is 1. The maximum Gasteiger partial charge on any atom is 0.312 e. The number of nitrogens with zero attached hydrogens (tertiary/aromatic N) is 3. The number of carbonyl (C=O) groups is 5. The first-order valence-corrected chi connectivity index (χ1v) is 21.5. The topological polar surface area (TPSA) is 163 Å². The van der Waals surface area contributed by atoms with Crippen LogP contribution in [0.1, 0.15) is 92.9 Å². The molecule has 3 heterocycles. The number of nitrogens with one attached hydrogen (secondary N) is 1. The van der Waals surface area contributed by atoms with Gasteiger partial charge in [0.25, 0.3) is 0 Å². The molecule has 7 rings (SSSR count). The van der Waals surface area contributed by atoms with E-state index in [2.05, 4.69) is 5.32 Å². The smallest absolute Gasteiger partial charge is 0.312 e. The fraction of sp³-hybridized carbons (Fsp3) is 0.614. The standard InChI is InChI=1S/C44H56N4O9S/c1-8-27-20-44(27,41(53)54-7)21-37(50)36-17-30(22-48(36)40(52)32(43(4,5)6)18-39(51)57-29-14-25-13-26(25)15-29)56-38-19-34(35-23-58-42(47-35)45-24(2)3)46-33-16-28(55-12-11-49)9-10-31(33)38/h9-11,16,19,23-27,29-30,32,36H,8,12-15,17-18,20-22H2,1-7H3,(H,45,47)/t25-,26+,27-,29?,30+,32-,36+,44-/m1/s1. The molecule has 2 aromatic heterocycles. The van der Waals surface area contributed by atoms with Gasteiger partial charge in [-0.2, -0.15) is 0 Å². The molecule has 3 saturated carbocycles. The minimum Gasteiger partial charge on any atom is -0.488 e. The third-order valence-electron chi connectivity index (χ3n) is 12.5. The van der Waals surface area contributed by atoms with Crippen LogP contribution in [0.25, 0.3) is 22.3 Å². The third-order valence-corrected chi connectivity index (χ3v) is 13.2. The van der Waals surface area contributed by atoms with Crippen LogP contribution >= 0.6 is 11.3 Å². The molecule has 3 aromatic rings. The third kappa shape index (κ3) is 8.86. The second-order valence-electron chi connectivity index (χ2n) is 18.0. The number of hydrogen-bond acceptors (Lipinski definition) is 13. The Bertz CT molecular complexity index is 2050. The van der Waals surface area contributed by atoms with Gasteiger partial charge in [-0.3, -0.25) is 24.0 Å². The molecule has 58 heavy (non-hydrogen) atoms. The zero-order chi connectivity index (χ0) is 41.5. The van der Waals surface area contributed by atoms with Crippen molar-refractivity contribution in [2.24, 2.45) is 34.5 Å². The summed E-state index contributed by atoms with van der Waals surface area (Å²) in [5.74, 6) is 0.125. The van der Waals surface area contributed by atoms with E-state index < -0.39 is 40.8 Å². The van der Waals surface area contributed by atoms with Crippen molar-refractivity contribution in [3.63, 3.8) is 0 Å². The highest BCUT2D eigenvalue weighted by Gasteiger charge is 2.62. The lowest BCUT2D eigenvalue weighted by Crippen LogP contribution is -2.48. The number of methoxy groups -OCH3 is 1. The number of thiazole rings is 1. The summed E-state index contributed by atoms with van der Waals surface area (Å²) < 4.78 is 23.5. The SMILES string of the molecule is CC[C@@H]1C[C@]1(CC(=O)[C@@H]1C[C@H](Oc2cc(-c3csc(NC(C)C)n3)nc3cc(OCC=O)ccc23)CN1C(=O)[C@@H](CC(=O)OC1C[C@@H]2C[C@@H]2C1)C(C)(C)C)C(=O)OC. The lowest BCUT2D eigenvalue weighted by molar-refractivity contribution is -0.157. The number of anilines is 1. The molecule has 1 aromatic carbocycles. The number of ketones is 1. The van der Waals surface area contributed by atoms with Crippen molar-refractivity contribution in [3.05, 3.63) is 29.6 Å². The molecule has 8 atom stereocenters. The number of benzene rings is 1. The molecule has 0 bridgehead atoms. The van der Waals surface area contributed by atoms with Gasteiger partial charge in [0.05, 0.1) is 48.7 Å². The van der Waals surface area contributed by atoms with Crippen molar-refractivity contribution in [1.82, 2.24) is 14.9 Å². The Hall–Kier alpha value is -4.59. The highest BCUT2D eigenvalue weighted by molar-refractivity contribution is 7.14. The fourth-order valence-corrected chi connectivity index (χ4v) is 10.00. The second kappa shape index (κ2) is 16.6. The van der Waals surface area contributed by atoms with Gasteiger partial charge in [0.2, 0.25) is 5.91 Å². The van der Waals surface area contributed by atoms with Crippen LogP contribution in [-0.4, -0.2) is 89.3 Å². The van der Waals surface area contributed by atoms with Gasteiger partial charge in [0, 0.05) is 41.8 Å². The summed E-state index contributed by atoms with van der Waals surface area (Å²) in [4.78, 5) is 78.2. The van der Waals surface area contributed by atoms with Crippen LogP contribution in [0, 0.1) is 34.5 Å². The predicted molar refractivity (Wildman–Crippen MR) is 218 cm³/mol. The molecule has 1 aliphatic heterocycles. The lowest BCUT2D eigenvalue weighted by atomic mass is 9.77. The van der Waals surface area contributed by atoms with Crippen molar-refractivity contribution in [2.45, 2.75) is 117 Å². The van der Waals surface area contributed by atoms with E-state index in [0.717, 1.165) is 24.4 Å². The van der Waals surface area contributed by atoms with E-state index >= 15 is 0 Å². The Morgan fingerprint density at radius 2 is 1.79 bits per heavy atom. The zero-order valence-corrected chi connectivity index (χ0v) is 35.4. The van der Waals surface area contributed by atoms with E-state index in [1.165, 1.54) is 24.9 Å². The van der Waals surface area contributed by atoms with E-state index in [1.54, 1.807) is 17.0 Å². The van der Waals surface area contributed by atoms with Crippen LogP contribution in [0.3, 0.4) is 0 Å². The van der Waals surface area contributed by atoms with Gasteiger partial charge in [-0.25, -0.2) is 9.97 Å². The van der Waals surface area contributed by atoms with E-state index in [4.69, 9.17) is 28.9 Å². The first-order chi connectivity index (χ1) is 27.6. The van der Waals surface area contributed by atoms with Crippen LogP contribution in [0.5, 0.6) is 11.5 Å². The van der Waals surface area contributed by atoms with Gasteiger partial charge < -0.3 is 29.2 Å². The van der Waals surface area contributed by atoms with E-state index in [-0.39, 0.29) is 62.2 Å². The first kappa shape index (κ1) is 41.6. The predicted octanol–water partition coefficient (Wildman–Crippen LogP) is 7.05. The molecule has 4 aliphatic rings. The van der Waals surface area contributed by atoms with Gasteiger partial charge in [-0.15, -0.1) is 11.3 Å². The second-order valence-corrected chi connectivity index (χ2v) is 18.9. The minimum atomic E-state index is -0.917. The quantitative estimate of drug-likeness (QED) is 0.109. The number of carbonyl (C=O) groups excluding carboxylic acids is 5.